The van der Waals surface area contributed by atoms with Gasteiger partial charge in [-0.15, -0.1) is 0 Å². The molecule has 0 bridgehead atoms. The number of hydrogen-bond donors (Lipinski definition) is 2. The van der Waals surface area contributed by atoms with Gasteiger partial charge in [0.05, 0.1) is 6.54 Å². The predicted molar refractivity (Wildman–Crippen MR) is 123 cm³/mol. The first-order chi connectivity index (χ1) is 14.7. The van der Waals surface area contributed by atoms with E-state index in [2.05, 4.69) is 33.0 Å². The molecule has 0 saturated heterocycles. The minimum atomic E-state index is -0.963. The van der Waals surface area contributed by atoms with Gasteiger partial charge in [0.2, 0.25) is 0 Å². The molecule has 0 aromatic heterocycles. The Balaban J connectivity index is 2.57. The first kappa shape index (κ1) is 26.8. The van der Waals surface area contributed by atoms with Gasteiger partial charge in [0.25, 0.3) is 0 Å². The number of hydrogen-bond acceptors (Lipinski definition) is 4. The molecule has 176 valence electrons. The maximum Gasteiger partial charge on any atom is 0.333 e. The van der Waals surface area contributed by atoms with E-state index in [9.17, 15) is 14.7 Å². The Labute approximate surface area is 187 Å². The molecule has 1 unspecified atom stereocenters. The van der Waals surface area contributed by atoms with Crippen molar-refractivity contribution in [1.82, 2.24) is 10.2 Å². The van der Waals surface area contributed by atoms with E-state index >= 15 is 0 Å². The van der Waals surface area contributed by atoms with Crippen molar-refractivity contribution in [3.63, 3.8) is 0 Å². The summed E-state index contributed by atoms with van der Waals surface area (Å²) in [5.74, 6) is -0.272. The van der Waals surface area contributed by atoms with Crippen molar-refractivity contribution in [2.75, 3.05) is 32.8 Å². The summed E-state index contributed by atoms with van der Waals surface area (Å²) < 4.78 is 11.1. The summed E-state index contributed by atoms with van der Waals surface area (Å²) in [7, 11) is 0. The van der Waals surface area contributed by atoms with Crippen molar-refractivity contribution in [3.8, 4) is 5.75 Å². The van der Waals surface area contributed by atoms with Gasteiger partial charge in [-0.25, -0.2) is 9.59 Å². The number of amides is 2. The van der Waals surface area contributed by atoms with Crippen LogP contribution in [0.4, 0.5) is 4.79 Å². The van der Waals surface area contributed by atoms with Gasteiger partial charge >= 0.3 is 12.0 Å². The second-order valence-corrected chi connectivity index (χ2v) is 8.89. The molecule has 0 aliphatic rings. The van der Waals surface area contributed by atoms with Crippen LogP contribution in [-0.2, 0) is 16.0 Å². The van der Waals surface area contributed by atoms with Crippen molar-refractivity contribution in [2.24, 2.45) is 5.41 Å². The normalized spacial score (nSPS) is 12.3. The number of urea groups is 1. The van der Waals surface area contributed by atoms with Gasteiger partial charge in [-0.05, 0) is 36.5 Å². The van der Waals surface area contributed by atoms with E-state index in [1.807, 2.05) is 29.2 Å². The highest BCUT2D eigenvalue weighted by Crippen LogP contribution is 2.15. The average molecular weight is 437 g/mol. The van der Waals surface area contributed by atoms with Crippen LogP contribution in [0.15, 0.2) is 24.3 Å². The first-order valence-electron chi connectivity index (χ1n) is 11.2. The van der Waals surface area contributed by atoms with Crippen molar-refractivity contribution in [3.05, 3.63) is 29.8 Å². The topological polar surface area (TPSA) is 88.1 Å². The number of carbonyl (C=O) groups is 2. The number of nitrogens with one attached hydrogen (secondary N) is 1. The fourth-order valence-electron chi connectivity index (χ4n) is 2.95. The standard InChI is InChI=1S/C24H40N2O5/c1-6-8-9-14-26(23(29)25-18-24(3,4)5)15-16-31-20-12-10-19(11-13-20)17-21(22(27)28)30-7-2/h10-13,21H,6-9,14-18H2,1-5H3,(H,25,29)(H,27,28). The van der Waals surface area contributed by atoms with Crippen LogP contribution < -0.4 is 10.1 Å². The largest absolute Gasteiger partial charge is 0.492 e. The number of carbonyl (C=O) groups excluding carboxylic acids is 1. The first-order valence-corrected chi connectivity index (χ1v) is 11.2. The zero-order valence-electron chi connectivity index (χ0n) is 19.8. The lowest BCUT2D eigenvalue weighted by Crippen LogP contribution is -2.45. The molecule has 0 heterocycles. The molecule has 1 aromatic carbocycles. The minimum absolute atomic E-state index is 0.0325. The van der Waals surface area contributed by atoms with Crippen molar-refractivity contribution in [1.29, 1.82) is 0 Å². The van der Waals surface area contributed by atoms with Crippen LogP contribution >= 0.6 is 0 Å². The third-order valence-electron chi connectivity index (χ3n) is 4.71. The van der Waals surface area contributed by atoms with Crippen LogP contribution in [0.5, 0.6) is 5.75 Å². The van der Waals surface area contributed by atoms with Gasteiger partial charge < -0.3 is 24.8 Å². The van der Waals surface area contributed by atoms with Crippen LogP contribution in [-0.4, -0.2) is 61.0 Å². The van der Waals surface area contributed by atoms with E-state index in [1.54, 1.807) is 6.92 Å². The summed E-state index contributed by atoms with van der Waals surface area (Å²) in [6.45, 7) is 12.8. The second kappa shape index (κ2) is 13.9. The Kier molecular flexibility index (Phi) is 12.0. The number of aliphatic carboxylic acids is 1. The zero-order valence-corrected chi connectivity index (χ0v) is 19.8. The molecular weight excluding hydrogens is 396 g/mol. The smallest absolute Gasteiger partial charge is 0.333 e. The van der Waals surface area contributed by atoms with E-state index in [4.69, 9.17) is 9.47 Å². The highest BCUT2D eigenvalue weighted by molar-refractivity contribution is 5.74. The molecule has 2 N–H and O–H groups in total. The fraction of sp³-hybridized carbons (Fsp3) is 0.667. The minimum Gasteiger partial charge on any atom is -0.492 e. The molecule has 0 aliphatic carbocycles. The molecule has 0 saturated carbocycles. The molecule has 7 heteroatoms. The summed E-state index contributed by atoms with van der Waals surface area (Å²) >= 11 is 0. The number of rotatable bonds is 14. The molecule has 0 aliphatic heterocycles. The summed E-state index contributed by atoms with van der Waals surface area (Å²) in [4.78, 5) is 25.6. The van der Waals surface area contributed by atoms with Gasteiger partial charge in [0, 0.05) is 26.1 Å². The van der Waals surface area contributed by atoms with Crippen LogP contribution in [0.3, 0.4) is 0 Å². The lowest BCUT2D eigenvalue weighted by atomic mass is 9.97. The van der Waals surface area contributed by atoms with Crippen LogP contribution in [0.25, 0.3) is 0 Å². The summed E-state index contributed by atoms with van der Waals surface area (Å²) in [6.07, 6.45) is 2.62. The third kappa shape index (κ3) is 11.6. The number of carboxylic acids is 1. The molecule has 7 nitrogen and oxygen atoms in total. The lowest BCUT2D eigenvalue weighted by Gasteiger charge is -2.26. The Morgan fingerprint density at radius 2 is 1.77 bits per heavy atom. The van der Waals surface area contributed by atoms with Gasteiger partial charge in [-0.1, -0.05) is 52.7 Å². The Morgan fingerprint density at radius 1 is 1.10 bits per heavy atom. The van der Waals surface area contributed by atoms with Gasteiger partial charge in [-0.3, -0.25) is 0 Å². The zero-order chi connectivity index (χ0) is 23.3. The second-order valence-electron chi connectivity index (χ2n) is 8.89. The quantitative estimate of drug-likeness (QED) is 0.424. The average Bonchev–Trinajstić information content (AvgIpc) is 2.71. The summed E-state index contributed by atoms with van der Waals surface area (Å²) in [6, 6.07) is 7.28. The fourth-order valence-corrected chi connectivity index (χ4v) is 2.95. The Bertz CT molecular complexity index is 655. The monoisotopic (exact) mass is 436 g/mol. The molecule has 0 radical (unpaired) electrons. The summed E-state index contributed by atoms with van der Waals surface area (Å²) in [5.41, 5.74) is 0.904. The van der Waals surface area contributed by atoms with Crippen molar-refractivity contribution >= 4 is 12.0 Å². The molecule has 31 heavy (non-hydrogen) atoms. The van der Waals surface area contributed by atoms with Crippen LogP contribution in [0.1, 0.15) is 59.4 Å². The van der Waals surface area contributed by atoms with Gasteiger partial charge in [-0.2, -0.15) is 0 Å². The van der Waals surface area contributed by atoms with Crippen LogP contribution in [0, 0.1) is 5.41 Å². The van der Waals surface area contributed by atoms with Crippen molar-refractivity contribution in [2.45, 2.75) is 66.4 Å². The molecule has 2 amide bonds. The van der Waals surface area contributed by atoms with E-state index in [-0.39, 0.29) is 11.4 Å². The molecule has 0 fully saturated rings. The predicted octanol–water partition coefficient (Wildman–Crippen LogP) is 4.35. The van der Waals surface area contributed by atoms with E-state index in [0.29, 0.717) is 45.0 Å². The molecule has 1 atom stereocenters. The molecule has 1 aromatic rings. The van der Waals surface area contributed by atoms with Gasteiger partial charge in [0.1, 0.15) is 12.4 Å². The summed E-state index contributed by atoms with van der Waals surface area (Å²) in [5, 5.41) is 12.2. The van der Waals surface area contributed by atoms with Gasteiger partial charge in [0.15, 0.2) is 6.10 Å². The van der Waals surface area contributed by atoms with E-state index < -0.39 is 12.1 Å². The highest BCUT2D eigenvalue weighted by Gasteiger charge is 2.18. The van der Waals surface area contributed by atoms with E-state index in [0.717, 1.165) is 24.8 Å². The van der Waals surface area contributed by atoms with Crippen LogP contribution in [0.2, 0.25) is 0 Å². The SMILES string of the molecule is CCCCCN(CCOc1ccc(CC(OCC)C(=O)O)cc1)C(=O)NCC(C)(C)C. The van der Waals surface area contributed by atoms with E-state index in [1.165, 1.54) is 0 Å². The number of carboxylic acid groups (broad SMARTS) is 1. The Hall–Kier alpha value is -2.28. The lowest BCUT2D eigenvalue weighted by molar-refractivity contribution is -0.149. The number of ether oxygens (including phenoxy) is 2. The number of benzene rings is 1. The third-order valence-corrected chi connectivity index (χ3v) is 4.71. The molecule has 1 rings (SSSR count). The maximum atomic E-state index is 12.6. The molecule has 0 spiro atoms. The number of nitrogens with zero attached hydrogens (tertiary/aromatic N) is 1. The van der Waals surface area contributed by atoms with Crippen molar-refractivity contribution < 1.29 is 24.2 Å². The Morgan fingerprint density at radius 3 is 2.32 bits per heavy atom. The number of unbranched alkanes of at least 4 members (excludes halogenated alkanes) is 2. The highest BCUT2D eigenvalue weighted by atomic mass is 16.5. The molecular formula is C24H40N2O5. The maximum absolute atomic E-state index is 12.6.